The number of rotatable bonds is 7. The number of aromatic nitrogens is 1. The highest BCUT2D eigenvalue weighted by atomic mass is 35.5. The summed E-state index contributed by atoms with van der Waals surface area (Å²) in [4.78, 5) is 16.9. The maximum absolute atomic E-state index is 11.0. The number of nitrogens with zero attached hydrogens (tertiary/aromatic N) is 4. The van der Waals surface area contributed by atoms with Gasteiger partial charge in [0.25, 0.3) is 5.69 Å². The van der Waals surface area contributed by atoms with Crippen molar-refractivity contribution in [3.63, 3.8) is 0 Å². The maximum Gasteiger partial charge on any atom is 0.292 e. The second kappa shape index (κ2) is 9.10. The lowest BCUT2D eigenvalue weighted by Gasteiger charge is -2.22. The largest absolute Gasteiger partial charge is 0.378 e. The molecule has 2 aromatic rings. The van der Waals surface area contributed by atoms with E-state index in [1.807, 2.05) is 35.8 Å². The van der Waals surface area contributed by atoms with Crippen molar-refractivity contribution >= 4 is 28.9 Å². The van der Waals surface area contributed by atoms with Crippen LogP contribution >= 0.6 is 11.6 Å². The fourth-order valence-electron chi connectivity index (χ4n) is 2.58. The molecule has 0 spiro atoms. The molecule has 2 N–H and O–H groups in total. The van der Waals surface area contributed by atoms with Gasteiger partial charge in [0.05, 0.1) is 16.5 Å². The van der Waals surface area contributed by atoms with Gasteiger partial charge in [-0.05, 0) is 12.1 Å². The Morgan fingerprint density at radius 2 is 2.12 bits per heavy atom. The average molecular weight is 379 g/mol. The van der Waals surface area contributed by atoms with Gasteiger partial charge in [0.2, 0.25) is 0 Å². The molecule has 0 aliphatic rings. The first-order valence-electron chi connectivity index (χ1n) is 8.12. The van der Waals surface area contributed by atoms with Crippen molar-refractivity contribution in [3.05, 3.63) is 57.4 Å². The van der Waals surface area contributed by atoms with Gasteiger partial charge in [-0.3, -0.25) is 15.1 Å². The van der Waals surface area contributed by atoms with E-state index in [-0.39, 0.29) is 5.69 Å². The van der Waals surface area contributed by atoms with Gasteiger partial charge in [0, 0.05) is 52.2 Å². The first-order chi connectivity index (χ1) is 12.4. The number of aliphatic imine (C=N–C) groups is 1. The molecular formula is C17H23ClN6O2. The number of nitrogens with one attached hydrogen (secondary N) is 2. The summed E-state index contributed by atoms with van der Waals surface area (Å²) in [7, 11) is 5.60. The first-order valence-corrected chi connectivity index (χ1v) is 8.50. The molecule has 0 radical (unpaired) electrons. The fourth-order valence-corrected chi connectivity index (χ4v) is 2.85. The topological polar surface area (TPSA) is 87.7 Å². The van der Waals surface area contributed by atoms with Crippen molar-refractivity contribution in [1.82, 2.24) is 14.8 Å². The zero-order valence-electron chi connectivity index (χ0n) is 15.1. The van der Waals surface area contributed by atoms with Crippen LogP contribution in [0.4, 0.5) is 11.4 Å². The van der Waals surface area contributed by atoms with E-state index >= 15 is 0 Å². The average Bonchev–Trinajstić information content (AvgIpc) is 2.92. The van der Waals surface area contributed by atoms with Gasteiger partial charge in [-0.25, -0.2) is 0 Å². The summed E-state index contributed by atoms with van der Waals surface area (Å²) in [6.07, 6.45) is 1.86. The normalized spacial score (nSPS) is 11.3. The number of halogens is 1. The molecule has 9 heteroatoms. The number of nitro benzene ring substituents is 1. The third kappa shape index (κ3) is 5.13. The molecule has 2 rings (SSSR count). The predicted molar refractivity (Wildman–Crippen MR) is 105 cm³/mol. The van der Waals surface area contributed by atoms with Gasteiger partial charge in [0.15, 0.2) is 5.96 Å². The lowest BCUT2D eigenvalue weighted by molar-refractivity contribution is -0.384. The zero-order chi connectivity index (χ0) is 19.1. The Bertz CT molecular complexity index is 789. The SMILES string of the molecule is CN=C(NCCNc1ccccc1[N+](=O)[O-])N(C)Cc1cc(Cl)cn1C. The van der Waals surface area contributed by atoms with Gasteiger partial charge < -0.3 is 20.1 Å². The van der Waals surface area contributed by atoms with Gasteiger partial charge >= 0.3 is 0 Å². The Morgan fingerprint density at radius 1 is 1.38 bits per heavy atom. The second-order valence-corrected chi connectivity index (χ2v) is 6.23. The lowest BCUT2D eigenvalue weighted by atomic mass is 10.2. The van der Waals surface area contributed by atoms with E-state index < -0.39 is 4.92 Å². The molecule has 0 unspecified atom stereocenters. The molecule has 0 fully saturated rings. The second-order valence-electron chi connectivity index (χ2n) is 5.79. The molecule has 1 aromatic heterocycles. The van der Waals surface area contributed by atoms with Crippen LogP contribution in [0.1, 0.15) is 5.69 Å². The lowest BCUT2D eigenvalue weighted by Crippen LogP contribution is -2.40. The highest BCUT2D eigenvalue weighted by Crippen LogP contribution is 2.22. The Balaban J connectivity index is 1.85. The van der Waals surface area contributed by atoms with Crippen LogP contribution in [-0.4, -0.2) is 47.5 Å². The molecule has 140 valence electrons. The van der Waals surface area contributed by atoms with Crippen LogP contribution in [0.15, 0.2) is 41.5 Å². The van der Waals surface area contributed by atoms with Crippen LogP contribution in [0, 0.1) is 10.1 Å². The van der Waals surface area contributed by atoms with Gasteiger partial charge in [-0.15, -0.1) is 0 Å². The Labute approximate surface area is 157 Å². The highest BCUT2D eigenvalue weighted by molar-refractivity contribution is 6.30. The number of aryl methyl sites for hydroxylation is 1. The smallest absolute Gasteiger partial charge is 0.292 e. The number of hydrogen-bond donors (Lipinski definition) is 2. The number of para-hydroxylation sites is 2. The Kier molecular flexibility index (Phi) is 6.85. The van der Waals surface area contributed by atoms with Crippen molar-refractivity contribution in [2.24, 2.45) is 12.0 Å². The van der Waals surface area contributed by atoms with E-state index in [0.29, 0.717) is 30.3 Å². The minimum Gasteiger partial charge on any atom is -0.378 e. The van der Waals surface area contributed by atoms with E-state index in [2.05, 4.69) is 15.6 Å². The molecule has 0 atom stereocenters. The Morgan fingerprint density at radius 3 is 2.73 bits per heavy atom. The van der Waals surface area contributed by atoms with Crippen molar-refractivity contribution in [1.29, 1.82) is 0 Å². The minimum atomic E-state index is -0.395. The zero-order valence-corrected chi connectivity index (χ0v) is 15.8. The van der Waals surface area contributed by atoms with Crippen molar-refractivity contribution in [2.45, 2.75) is 6.54 Å². The molecule has 1 heterocycles. The molecule has 0 aliphatic carbocycles. The summed E-state index contributed by atoms with van der Waals surface area (Å²) in [5, 5.41) is 18.0. The van der Waals surface area contributed by atoms with Crippen LogP contribution in [-0.2, 0) is 13.6 Å². The number of guanidine groups is 1. The summed E-state index contributed by atoms with van der Waals surface area (Å²) in [6.45, 7) is 1.74. The van der Waals surface area contributed by atoms with Gasteiger partial charge in [0.1, 0.15) is 5.69 Å². The quantitative estimate of drug-likeness (QED) is 0.254. The monoisotopic (exact) mass is 378 g/mol. The van der Waals surface area contributed by atoms with Crippen LogP contribution < -0.4 is 10.6 Å². The molecule has 0 aliphatic heterocycles. The van der Waals surface area contributed by atoms with E-state index in [9.17, 15) is 10.1 Å². The van der Waals surface area contributed by atoms with Crippen molar-refractivity contribution in [2.75, 3.05) is 32.5 Å². The van der Waals surface area contributed by atoms with E-state index in [4.69, 9.17) is 11.6 Å². The molecule has 0 saturated heterocycles. The van der Waals surface area contributed by atoms with Crippen molar-refractivity contribution in [3.8, 4) is 0 Å². The third-order valence-corrected chi connectivity index (χ3v) is 4.08. The molecule has 8 nitrogen and oxygen atoms in total. The van der Waals surface area contributed by atoms with Crippen LogP contribution in [0.25, 0.3) is 0 Å². The molecule has 0 bridgehead atoms. The van der Waals surface area contributed by atoms with Crippen LogP contribution in [0.3, 0.4) is 0 Å². The maximum atomic E-state index is 11.0. The number of benzene rings is 1. The van der Waals surface area contributed by atoms with Crippen molar-refractivity contribution < 1.29 is 4.92 Å². The summed E-state index contributed by atoms with van der Waals surface area (Å²) >= 11 is 6.02. The predicted octanol–water partition coefficient (Wildman–Crippen LogP) is 2.71. The van der Waals surface area contributed by atoms with E-state index in [1.54, 1.807) is 25.2 Å². The van der Waals surface area contributed by atoms with E-state index in [0.717, 1.165) is 11.7 Å². The third-order valence-electron chi connectivity index (χ3n) is 3.87. The van der Waals surface area contributed by atoms with E-state index in [1.165, 1.54) is 6.07 Å². The van der Waals surface area contributed by atoms with Gasteiger partial charge in [-0.2, -0.15) is 0 Å². The molecule has 0 saturated carbocycles. The number of anilines is 1. The summed E-state index contributed by atoms with van der Waals surface area (Å²) in [5.74, 6) is 0.728. The summed E-state index contributed by atoms with van der Waals surface area (Å²) < 4.78 is 1.97. The first kappa shape index (κ1) is 19.6. The number of nitro groups is 1. The minimum absolute atomic E-state index is 0.0644. The Hall–Kier alpha value is -2.74. The molecular weight excluding hydrogens is 356 g/mol. The molecule has 1 aromatic carbocycles. The van der Waals surface area contributed by atoms with Crippen LogP contribution in [0.2, 0.25) is 5.02 Å². The standard InChI is InChI=1S/C17H23ClN6O2/c1-19-17(23(3)12-14-10-13(18)11-22(14)2)21-9-8-20-15-6-4-5-7-16(15)24(25)26/h4-7,10-11,20H,8-9,12H2,1-3H3,(H,19,21). The molecule has 0 amide bonds. The van der Waals surface area contributed by atoms with Gasteiger partial charge in [-0.1, -0.05) is 23.7 Å². The summed E-state index contributed by atoms with van der Waals surface area (Å²) in [6, 6.07) is 8.50. The van der Waals surface area contributed by atoms with Crippen LogP contribution in [0.5, 0.6) is 0 Å². The number of hydrogen-bond acceptors (Lipinski definition) is 4. The fraction of sp³-hybridized carbons (Fsp3) is 0.353. The summed E-state index contributed by atoms with van der Waals surface area (Å²) in [5.41, 5.74) is 1.63. The highest BCUT2D eigenvalue weighted by Gasteiger charge is 2.12. The molecule has 26 heavy (non-hydrogen) atoms.